The van der Waals surface area contributed by atoms with Crippen molar-refractivity contribution in [1.29, 1.82) is 0 Å². The number of hydrogen-bond donors (Lipinski definition) is 1. The quantitative estimate of drug-likeness (QED) is 0.896. The van der Waals surface area contributed by atoms with Crippen molar-refractivity contribution in [1.82, 2.24) is 4.90 Å². The first-order chi connectivity index (χ1) is 8.15. The molecule has 0 spiro atoms. The zero-order valence-electron chi connectivity index (χ0n) is 10.5. The number of hydrogen-bond acceptors (Lipinski definition) is 4. The average Bonchev–Trinajstić information content (AvgIpc) is 2.78. The van der Waals surface area contributed by atoms with E-state index in [0.717, 1.165) is 30.9 Å². The molecule has 0 radical (unpaired) electrons. The molecule has 0 amide bonds. The third kappa shape index (κ3) is 3.78. The molecule has 0 aromatic carbocycles. The van der Waals surface area contributed by atoms with Crippen LogP contribution in [0.25, 0.3) is 0 Å². The standard InChI is InChI=1S/C13H21NO2S/c1-10-8-14(9-11(2)16-10)6-5-12(15)13-4-3-7-17-13/h3-4,7,10-12,15H,5-6,8-9H2,1-2H3. The molecule has 1 aliphatic rings. The number of thiophene rings is 1. The fourth-order valence-corrected chi connectivity index (χ4v) is 3.14. The molecule has 1 N–H and O–H groups in total. The Balaban J connectivity index is 1.78. The van der Waals surface area contributed by atoms with E-state index in [0.29, 0.717) is 12.2 Å². The lowest BCUT2D eigenvalue weighted by atomic mass is 10.1. The highest BCUT2D eigenvalue weighted by atomic mass is 32.1. The molecule has 0 saturated carbocycles. The van der Waals surface area contributed by atoms with E-state index >= 15 is 0 Å². The van der Waals surface area contributed by atoms with Gasteiger partial charge in [-0.05, 0) is 31.7 Å². The van der Waals surface area contributed by atoms with Gasteiger partial charge >= 0.3 is 0 Å². The Hall–Kier alpha value is -0.420. The minimum absolute atomic E-state index is 0.303. The van der Waals surface area contributed by atoms with Crippen molar-refractivity contribution >= 4 is 11.3 Å². The minimum Gasteiger partial charge on any atom is -0.388 e. The van der Waals surface area contributed by atoms with Crippen LogP contribution in [0.15, 0.2) is 17.5 Å². The van der Waals surface area contributed by atoms with Crippen LogP contribution in [0.1, 0.15) is 31.2 Å². The number of nitrogens with zero attached hydrogens (tertiary/aromatic N) is 1. The Morgan fingerprint density at radius 1 is 1.47 bits per heavy atom. The average molecular weight is 255 g/mol. The van der Waals surface area contributed by atoms with Gasteiger partial charge in [0.05, 0.1) is 18.3 Å². The SMILES string of the molecule is CC1CN(CCC(O)c2cccs2)CC(C)O1. The number of aliphatic hydroxyl groups excluding tert-OH is 1. The number of aliphatic hydroxyl groups is 1. The Bertz CT molecular complexity index is 318. The van der Waals surface area contributed by atoms with Gasteiger partial charge in [0.2, 0.25) is 0 Å². The van der Waals surface area contributed by atoms with Crippen LogP contribution in [0.2, 0.25) is 0 Å². The molecule has 1 aromatic rings. The van der Waals surface area contributed by atoms with Crippen LogP contribution in [-0.4, -0.2) is 41.8 Å². The van der Waals surface area contributed by atoms with Crippen molar-refractivity contribution in [2.24, 2.45) is 0 Å². The van der Waals surface area contributed by atoms with Gasteiger partial charge < -0.3 is 9.84 Å². The predicted molar refractivity (Wildman–Crippen MR) is 70.3 cm³/mol. The Kier molecular flexibility index (Phi) is 4.56. The molecular formula is C13H21NO2S. The van der Waals surface area contributed by atoms with E-state index in [1.807, 2.05) is 17.5 Å². The molecular weight excluding hydrogens is 234 g/mol. The summed E-state index contributed by atoms with van der Waals surface area (Å²) in [6.45, 7) is 7.11. The molecule has 1 aliphatic heterocycles. The summed E-state index contributed by atoms with van der Waals surface area (Å²) in [5, 5.41) is 12.0. The molecule has 3 unspecified atom stereocenters. The summed E-state index contributed by atoms with van der Waals surface area (Å²) in [6.07, 6.45) is 1.10. The molecule has 0 bridgehead atoms. The molecule has 96 valence electrons. The summed E-state index contributed by atoms with van der Waals surface area (Å²) >= 11 is 1.63. The highest BCUT2D eigenvalue weighted by molar-refractivity contribution is 7.10. The second kappa shape index (κ2) is 5.96. The fraction of sp³-hybridized carbons (Fsp3) is 0.692. The second-order valence-electron chi connectivity index (χ2n) is 4.84. The predicted octanol–water partition coefficient (Wildman–Crippen LogP) is 2.28. The van der Waals surface area contributed by atoms with Crippen LogP contribution in [0.3, 0.4) is 0 Å². The molecule has 1 saturated heterocycles. The fourth-order valence-electron chi connectivity index (χ4n) is 2.39. The van der Waals surface area contributed by atoms with E-state index in [1.54, 1.807) is 11.3 Å². The van der Waals surface area contributed by atoms with Gasteiger partial charge in [-0.3, -0.25) is 4.90 Å². The zero-order valence-corrected chi connectivity index (χ0v) is 11.3. The van der Waals surface area contributed by atoms with Gasteiger partial charge in [-0.15, -0.1) is 11.3 Å². The van der Waals surface area contributed by atoms with Crippen molar-refractivity contribution in [3.05, 3.63) is 22.4 Å². The molecule has 1 aromatic heterocycles. The molecule has 1 fully saturated rings. The normalized spacial score (nSPS) is 28.2. The van der Waals surface area contributed by atoms with Crippen molar-refractivity contribution in [3.63, 3.8) is 0 Å². The third-order valence-corrected chi connectivity index (χ3v) is 4.06. The van der Waals surface area contributed by atoms with Gasteiger partial charge in [0, 0.05) is 24.5 Å². The van der Waals surface area contributed by atoms with Crippen LogP contribution in [0.4, 0.5) is 0 Å². The monoisotopic (exact) mass is 255 g/mol. The number of rotatable bonds is 4. The van der Waals surface area contributed by atoms with E-state index in [9.17, 15) is 5.11 Å². The highest BCUT2D eigenvalue weighted by Gasteiger charge is 2.22. The second-order valence-corrected chi connectivity index (χ2v) is 5.82. The van der Waals surface area contributed by atoms with Crippen LogP contribution in [0.5, 0.6) is 0 Å². The van der Waals surface area contributed by atoms with Crippen LogP contribution < -0.4 is 0 Å². The third-order valence-electron chi connectivity index (χ3n) is 3.09. The van der Waals surface area contributed by atoms with Gasteiger partial charge in [0.25, 0.3) is 0 Å². The summed E-state index contributed by atoms with van der Waals surface area (Å²) in [6, 6.07) is 3.99. The van der Waals surface area contributed by atoms with Gasteiger partial charge in [-0.2, -0.15) is 0 Å². The first kappa shape index (κ1) is 13.0. The van der Waals surface area contributed by atoms with Crippen molar-refractivity contribution in [2.75, 3.05) is 19.6 Å². The minimum atomic E-state index is -0.316. The summed E-state index contributed by atoms with van der Waals surface area (Å²) in [4.78, 5) is 3.45. The highest BCUT2D eigenvalue weighted by Crippen LogP contribution is 2.22. The number of morpholine rings is 1. The first-order valence-corrected chi connectivity index (χ1v) is 7.12. The molecule has 2 heterocycles. The maximum Gasteiger partial charge on any atom is 0.0894 e. The Morgan fingerprint density at radius 2 is 2.18 bits per heavy atom. The maximum absolute atomic E-state index is 10.0. The van der Waals surface area contributed by atoms with E-state index in [1.165, 1.54) is 0 Å². The molecule has 3 nitrogen and oxygen atoms in total. The van der Waals surface area contributed by atoms with E-state index in [4.69, 9.17) is 4.74 Å². The van der Waals surface area contributed by atoms with Crippen molar-refractivity contribution in [2.45, 2.75) is 38.6 Å². The molecule has 4 heteroatoms. The Morgan fingerprint density at radius 3 is 2.76 bits per heavy atom. The lowest BCUT2D eigenvalue weighted by Crippen LogP contribution is -2.45. The van der Waals surface area contributed by atoms with Crippen LogP contribution in [-0.2, 0) is 4.74 Å². The smallest absolute Gasteiger partial charge is 0.0894 e. The van der Waals surface area contributed by atoms with E-state index in [-0.39, 0.29) is 6.10 Å². The molecule has 17 heavy (non-hydrogen) atoms. The summed E-state index contributed by atoms with van der Waals surface area (Å²) < 4.78 is 5.69. The van der Waals surface area contributed by atoms with Crippen LogP contribution >= 0.6 is 11.3 Å². The number of ether oxygens (including phenoxy) is 1. The van der Waals surface area contributed by atoms with Gasteiger partial charge in [0.1, 0.15) is 0 Å². The molecule has 3 atom stereocenters. The maximum atomic E-state index is 10.0. The molecule has 2 rings (SSSR count). The van der Waals surface area contributed by atoms with E-state index < -0.39 is 0 Å². The van der Waals surface area contributed by atoms with Gasteiger partial charge in [-0.25, -0.2) is 0 Å². The Labute approximate surface area is 107 Å². The summed E-state index contributed by atoms with van der Waals surface area (Å²) in [5.41, 5.74) is 0. The largest absolute Gasteiger partial charge is 0.388 e. The van der Waals surface area contributed by atoms with Crippen molar-refractivity contribution in [3.8, 4) is 0 Å². The first-order valence-electron chi connectivity index (χ1n) is 6.24. The van der Waals surface area contributed by atoms with Gasteiger partial charge in [0.15, 0.2) is 0 Å². The van der Waals surface area contributed by atoms with Crippen molar-refractivity contribution < 1.29 is 9.84 Å². The topological polar surface area (TPSA) is 32.7 Å². The summed E-state index contributed by atoms with van der Waals surface area (Å²) in [7, 11) is 0. The van der Waals surface area contributed by atoms with Crippen LogP contribution in [0, 0.1) is 0 Å². The lowest BCUT2D eigenvalue weighted by Gasteiger charge is -2.35. The van der Waals surface area contributed by atoms with Gasteiger partial charge in [-0.1, -0.05) is 6.07 Å². The van der Waals surface area contributed by atoms with E-state index in [2.05, 4.69) is 18.7 Å². The lowest BCUT2D eigenvalue weighted by molar-refractivity contribution is -0.0702. The zero-order chi connectivity index (χ0) is 12.3. The summed E-state index contributed by atoms with van der Waals surface area (Å²) in [5.74, 6) is 0. The molecule has 0 aliphatic carbocycles.